The molecule has 3 nitrogen and oxygen atoms in total. The van der Waals surface area contributed by atoms with Gasteiger partial charge in [0.15, 0.2) is 5.78 Å². The highest BCUT2D eigenvalue weighted by Crippen LogP contribution is 2.18. The number of carbonyl (C=O) groups is 2. The summed E-state index contributed by atoms with van der Waals surface area (Å²) in [6.07, 6.45) is -0.0520. The van der Waals surface area contributed by atoms with Crippen LogP contribution in [0.3, 0.4) is 0 Å². The molecule has 1 N–H and O–H groups in total. The molecule has 0 aliphatic rings. The van der Waals surface area contributed by atoms with Gasteiger partial charge in [0.1, 0.15) is 0 Å². The summed E-state index contributed by atoms with van der Waals surface area (Å²) in [5.74, 6) is -0.913. The Morgan fingerprint density at radius 1 is 1.44 bits per heavy atom. The van der Waals surface area contributed by atoms with E-state index in [2.05, 4.69) is 15.9 Å². The molecule has 4 heteroatoms. The zero-order chi connectivity index (χ0) is 12.3. The predicted octanol–water partition coefficient (Wildman–Crippen LogP) is 2.59. The molecule has 0 radical (unpaired) electrons. The number of carboxylic acids is 1. The number of hydrogen-bond donors (Lipinski definition) is 1. The van der Waals surface area contributed by atoms with Crippen molar-refractivity contribution in [3.05, 3.63) is 34.9 Å². The number of Topliss-reactive ketones (excluding diaryl/α,β-unsaturated/α-hetero) is 1. The van der Waals surface area contributed by atoms with Crippen molar-refractivity contribution in [3.63, 3.8) is 0 Å². The molecule has 1 unspecified atom stereocenters. The van der Waals surface area contributed by atoms with Gasteiger partial charge in [-0.25, -0.2) is 0 Å². The lowest BCUT2D eigenvalue weighted by Gasteiger charge is -2.10. The van der Waals surface area contributed by atoms with Crippen molar-refractivity contribution in [2.24, 2.45) is 0 Å². The SMILES string of the molecule is Cc1c(CC(=O)O)cccc1C(=O)C(C)Br. The van der Waals surface area contributed by atoms with Crippen LogP contribution in [0.1, 0.15) is 28.4 Å². The van der Waals surface area contributed by atoms with E-state index in [1.807, 2.05) is 0 Å². The second-order valence-electron chi connectivity index (χ2n) is 3.64. The number of benzene rings is 1. The van der Waals surface area contributed by atoms with Crippen LogP contribution in [-0.2, 0) is 11.2 Å². The van der Waals surface area contributed by atoms with Crippen molar-refractivity contribution in [1.82, 2.24) is 0 Å². The third-order valence-electron chi connectivity index (χ3n) is 2.41. The maximum atomic E-state index is 11.8. The molecule has 0 aromatic heterocycles. The Labute approximate surface area is 103 Å². The number of aliphatic carboxylic acids is 1. The van der Waals surface area contributed by atoms with E-state index in [1.165, 1.54) is 0 Å². The molecule has 86 valence electrons. The van der Waals surface area contributed by atoms with E-state index in [0.29, 0.717) is 11.1 Å². The van der Waals surface area contributed by atoms with Crippen LogP contribution >= 0.6 is 15.9 Å². The van der Waals surface area contributed by atoms with Gasteiger partial charge >= 0.3 is 5.97 Å². The highest BCUT2D eigenvalue weighted by molar-refractivity contribution is 9.10. The van der Waals surface area contributed by atoms with Crippen molar-refractivity contribution in [2.75, 3.05) is 0 Å². The van der Waals surface area contributed by atoms with Crippen molar-refractivity contribution in [3.8, 4) is 0 Å². The smallest absolute Gasteiger partial charge is 0.307 e. The van der Waals surface area contributed by atoms with E-state index in [4.69, 9.17) is 5.11 Å². The van der Waals surface area contributed by atoms with Gasteiger partial charge in [0, 0.05) is 5.56 Å². The van der Waals surface area contributed by atoms with Gasteiger partial charge in [0.2, 0.25) is 0 Å². The third kappa shape index (κ3) is 2.92. The topological polar surface area (TPSA) is 54.4 Å². The summed E-state index contributed by atoms with van der Waals surface area (Å²) in [7, 11) is 0. The Morgan fingerprint density at radius 2 is 2.06 bits per heavy atom. The van der Waals surface area contributed by atoms with Crippen LogP contribution in [0.2, 0.25) is 0 Å². The molecule has 0 saturated heterocycles. The van der Waals surface area contributed by atoms with E-state index >= 15 is 0 Å². The van der Waals surface area contributed by atoms with Gasteiger partial charge in [-0.3, -0.25) is 9.59 Å². The molecule has 0 aliphatic heterocycles. The molecular formula is C12H13BrO3. The number of carbonyl (C=O) groups excluding carboxylic acids is 1. The molecule has 1 aromatic rings. The average molecular weight is 285 g/mol. The van der Waals surface area contributed by atoms with Crippen molar-refractivity contribution in [2.45, 2.75) is 25.1 Å². The Kier molecular flexibility index (Phi) is 4.24. The predicted molar refractivity (Wildman–Crippen MR) is 65.2 cm³/mol. The van der Waals surface area contributed by atoms with E-state index in [9.17, 15) is 9.59 Å². The van der Waals surface area contributed by atoms with Gasteiger partial charge < -0.3 is 5.11 Å². The van der Waals surface area contributed by atoms with Crippen molar-refractivity contribution in [1.29, 1.82) is 0 Å². The minimum absolute atomic E-state index is 0.0234. The van der Waals surface area contributed by atoms with E-state index in [1.54, 1.807) is 32.0 Å². The molecule has 1 atom stereocenters. The maximum Gasteiger partial charge on any atom is 0.307 e. The summed E-state index contributed by atoms with van der Waals surface area (Å²) in [6, 6.07) is 5.17. The van der Waals surface area contributed by atoms with Crippen LogP contribution < -0.4 is 0 Å². The first-order valence-electron chi connectivity index (χ1n) is 4.92. The fourth-order valence-corrected chi connectivity index (χ4v) is 1.77. The lowest BCUT2D eigenvalue weighted by atomic mass is 9.96. The molecular weight excluding hydrogens is 272 g/mol. The number of ketones is 1. The molecule has 16 heavy (non-hydrogen) atoms. The van der Waals surface area contributed by atoms with Gasteiger partial charge in [-0.1, -0.05) is 34.1 Å². The zero-order valence-corrected chi connectivity index (χ0v) is 10.7. The number of hydrogen-bond acceptors (Lipinski definition) is 2. The molecule has 1 aromatic carbocycles. The number of alkyl halides is 1. The minimum Gasteiger partial charge on any atom is -0.481 e. The number of halogens is 1. The second kappa shape index (κ2) is 5.25. The summed E-state index contributed by atoms with van der Waals surface area (Å²) in [5, 5.41) is 8.74. The molecule has 0 bridgehead atoms. The molecule has 0 heterocycles. The zero-order valence-electron chi connectivity index (χ0n) is 9.16. The molecule has 0 fully saturated rings. The van der Waals surface area contributed by atoms with Gasteiger partial charge in [0.05, 0.1) is 11.2 Å². The Bertz CT molecular complexity index is 424. The largest absolute Gasteiger partial charge is 0.481 e. The van der Waals surface area contributed by atoms with E-state index in [-0.39, 0.29) is 17.0 Å². The third-order valence-corrected chi connectivity index (χ3v) is 2.83. The molecule has 0 amide bonds. The minimum atomic E-state index is -0.889. The highest BCUT2D eigenvalue weighted by atomic mass is 79.9. The summed E-state index contributed by atoms with van der Waals surface area (Å²) in [4.78, 5) is 22.2. The van der Waals surface area contributed by atoms with Crippen LogP contribution in [0.15, 0.2) is 18.2 Å². The Morgan fingerprint density at radius 3 is 2.56 bits per heavy atom. The first kappa shape index (κ1) is 12.9. The molecule has 1 rings (SSSR count). The summed E-state index contributed by atoms with van der Waals surface area (Å²) < 4.78 is 0. The van der Waals surface area contributed by atoms with E-state index < -0.39 is 5.97 Å². The van der Waals surface area contributed by atoms with Crippen LogP contribution in [-0.4, -0.2) is 21.7 Å². The van der Waals surface area contributed by atoms with Gasteiger partial charge in [-0.05, 0) is 25.0 Å². The van der Waals surface area contributed by atoms with Gasteiger partial charge in [-0.2, -0.15) is 0 Å². The monoisotopic (exact) mass is 284 g/mol. The van der Waals surface area contributed by atoms with Crippen LogP contribution in [0.5, 0.6) is 0 Å². The lowest BCUT2D eigenvalue weighted by Crippen LogP contribution is -2.13. The lowest BCUT2D eigenvalue weighted by molar-refractivity contribution is -0.136. The van der Waals surface area contributed by atoms with Gasteiger partial charge in [-0.15, -0.1) is 0 Å². The van der Waals surface area contributed by atoms with Crippen molar-refractivity contribution >= 4 is 27.7 Å². The molecule has 0 saturated carbocycles. The Balaban J connectivity index is 3.13. The number of rotatable bonds is 4. The van der Waals surface area contributed by atoms with Crippen LogP contribution in [0, 0.1) is 6.92 Å². The first-order valence-corrected chi connectivity index (χ1v) is 5.83. The molecule has 0 spiro atoms. The summed E-state index contributed by atoms with van der Waals surface area (Å²) in [6.45, 7) is 3.53. The van der Waals surface area contributed by atoms with Gasteiger partial charge in [0.25, 0.3) is 0 Å². The second-order valence-corrected chi connectivity index (χ2v) is 5.01. The maximum absolute atomic E-state index is 11.8. The standard InChI is InChI=1S/C12H13BrO3/c1-7-9(6-11(14)15)4-3-5-10(7)12(16)8(2)13/h3-5,8H,6H2,1-2H3,(H,14,15). The fraction of sp³-hybridized carbons (Fsp3) is 0.333. The summed E-state index contributed by atoms with van der Waals surface area (Å²) in [5.41, 5.74) is 2.02. The normalized spacial score (nSPS) is 12.2. The Hall–Kier alpha value is -1.16. The van der Waals surface area contributed by atoms with Crippen LogP contribution in [0.25, 0.3) is 0 Å². The van der Waals surface area contributed by atoms with E-state index in [0.717, 1.165) is 5.56 Å². The number of carboxylic acid groups (broad SMARTS) is 1. The molecule has 0 aliphatic carbocycles. The van der Waals surface area contributed by atoms with Crippen LogP contribution in [0.4, 0.5) is 0 Å². The first-order chi connectivity index (χ1) is 7.43. The van der Waals surface area contributed by atoms with Crippen molar-refractivity contribution < 1.29 is 14.7 Å². The quantitative estimate of drug-likeness (QED) is 0.683. The average Bonchev–Trinajstić information content (AvgIpc) is 2.19. The fourth-order valence-electron chi connectivity index (χ4n) is 1.52. The summed E-state index contributed by atoms with van der Waals surface area (Å²) >= 11 is 3.22. The highest BCUT2D eigenvalue weighted by Gasteiger charge is 2.16.